The molecule has 1 unspecified atom stereocenters. The van der Waals surface area contributed by atoms with E-state index in [0.717, 1.165) is 4.90 Å². The smallest absolute Gasteiger partial charge is 0.254 e. The highest BCUT2D eigenvalue weighted by molar-refractivity contribution is 8.01. The molecule has 2 aromatic rings. The number of nitrogens with one attached hydrogen (secondary N) is 1. The fraction of sp³-hybridized carbons (Fsp3) is 0.286. The maximum Gasteiger partial charge on any atom is 0.254 e. The molecule has 31 heavy (non-hydrogen) atoms. The maximum atomic E-state index is 13.0. The molecule has 0 aromatic heterocycles. The van der Waals surface area contributed by atoms with Crippen LogP contribution in [0, 0.1) is 11.3 Å². The average Bonchev–Trinajstić information content (AvgIpc) is 2.79. The summed E-state index contributed by atoms with van der Waals surface area (Å²) in [4.78, 5) is 27.4. The molecule has 0 radical (unpaired) electrons. The first-order chi connectivity index (χ1) is 14.8. The van der Waals surface area contributed by atoms with Crippen molar-refractivity contribution in [3.05, 3.63) is 53.6 Å². The van der Waals surface area contributed by atoms with E-state index in [4.69, 9.17) is 0 Å². The molecule has 2 aliphatic rings. The van der Waals surface area contributed by atoms with Gasteiger partial charge in [-0.25, -0.2) is 8.42 Å². The predicted molar refractivity (Wildman–Crippen MR) is 116 cm³/mol. The summed E-state index contributed by atoms with van der Waals surface area (Å²) in [5, 5.41) is 11.9. The number of nitrogens with zero attached hydrogens (tertiary/aromatic N) is 3. The Kier molecular flexibility index (Phi) is 5.75. The molecule has 160 valence electrons. The van der Waals surface area contributed by atoms with Crippen LogP contribution in [0.15, 0.2) is 52.3 Å². The predicted octanol–water partition coefficient (Wildman–Crippen LogP) is 2.14. The van der Waals surface area contributed by atoms with Crippen LogP contribution in [0.5, 0.6) is 0 Å². The van der Waals surface area contributed by atoms with E-state index in [-0.39, 0.29) is 53.7 Å². The monoisotopic (exact) mass is 456 g/mol. The zero-order chi connectivity index (χ0) is 22.2. The van der Waals surface area contributed by atoms with Gasteiger partial charge in [-0.15, -0.1) is 11.8 Å². The van der Waals surface area contributed by atoms with Crippen molar-refractivity contribution in [2.45, 2.75) is 22.0 Å². The fourth-order valence-electron chi connectivity index (χ4n) is 3.58. The highest BCUT2D eigenvalue weighted by Crippen LogP contribution is 2.36. The molecule has 2 amide bonds. The SMILES string of the molecule is CC1Sc2ccc(C(=O)N3CCN(S(=O)(=O)c4ccccc4C#N)CC3)cc2NC1=O. The Balaban J connectivity index is 1.47. The van der Waals surface area contributed by atoms with Gasteiger partial charge in [-0.3, -0.25) is 9.59 Å². The number of nitriles is 1. The highest BCUT2D eigenvalue weighted by Gasteiger charge is 2.32. The van der Waals surface area contributed by atoms with Crippen molar-refractivity contribution in [3.63, 3.8) is 0 Å². The van der Waals surface area contributed by atoms with E-state index in [1.165, 1.54) is 28.2 Å². The topological polar surface area (TPSA) is 111 Å². The number of sulfonamides is 1. The van der Waals surface area contributed by atoms with Crippen LogP contribution in [0.25, 0.3) is 0 Å². The van der Waals surface area contributed by atoms with Crippen LogP contribution < -0.4 is 5.32 Å². The molecule has 2 aliphatic heterocycles. The Labute approximate surface area is 184 Å². The zero-order valence-electron chi connectivity index (χ0n) is 16.7. The lowest BCUT2D eigenvalue weighted by Crippen LogP contribution is -2.50. The number of rotatable bonds is 3. The van der Waals surface area contributed by atoms with Gasteiger partial charge >= 0.3 is 0 Å². The number of benzene rings is 2. The van der Waals surface area contributed by atoms with Crippen LogP contribution in [0.3, 0.4) is 0 Å². The molecule has 0 aliphatic carbocycles. The summed E-state index contributed by atoms with van der Waals surface area (Å²) in [6.07, 6.45) is 0. The fourth-order valence-corrected chi connectivity index (χ4v) is 6.07. The van der Waals surface area contributed by atoms with Gasteiger partial charge in [0.15, 0.2) is 0 Å². The van der Waals surface area contributed by atoms with Crippen molar-refractivity contribution in [1.29, 1.82) is 5.26 Å². The molecule has 2 heterocycles. The van der Waals surface area contributed by atoms with E-state index < -0.39 is 10.0 Å². The van der Waals surface area contributed by atoms with E-state index in [1.54, 1.807) is 29.2 Å². The highest BCUT2D eigenvalue weighted by atomic mass is 32.2. The number of hydrogen-bond acceptors (Lipinski definition) is 6. The Hall–Kier alpha value is -2.87. The number of carbonyl (C=O) groups is 2. The normalized spacial score (nSPS) is 19.3. The van der Waals surface area contributed by atoms with Gasteiger partial charge in [0.1, 0.15) is 6.07 Å². The van der Waals surface area contributed by atoms with Crippen LogP contribution in [0.4, 0.5) is 5.69 Å². The van der Waals surface area contributed by atoms with Gasteiger partial charge in [0, 0.05) is 36.6 Å². The minimum absolute atomic E-state index is 0.0190. The molecule has 0 saturated carbocycles. The number of anilines is 1. The first-order valence-electron chi connectivity index (χ1n) is 9.71. The molecule has 1 fully saturated rings. The second-order valence-corrected chi connectivity index (χ2v) is 10.6. The van der Waals surface area contributed by atoms with Crippen molar-refractivity contribution in [1.82, 2.24) is 9.21 Å². The van der Waals surface area contributed by atoms with Crippen LogP contribution in [0.2, 0.25) is 0 Å². The lowest BCUT2D eigenvalue weighted by Gasteiger charge is -2.34. The summed E-state index contributed by atoms with van der Waals surface area (Å²) < 4.78 is 27.2. The molecule has 0 spiro atoms. The van der Waals surface area contributed by atoms with E-state index in [9.17, 15) is 23.3 Å². The molecule has 2 aromatic carbocycles. The van der Waals surface area contributed by atoms with Crippen molar-refractivity contribution in [2.75, 3.05) is 31.5 Å². The third-order valence-corrected chi connectivity index (χ3v) is 8.44. The Morgan fingerprint density at radius 1 is 1.16 bits per heavy atom. The van der Waals surface area contributed by atoms with Crippen molar-refractivity contribution in [3.8, 4) is 6.07 Å². The standard InChI is InChI=1S/C21H20N4O4S2/c1-14-20(26)23-17-12-15(6-7-18(17)30-14)21(27)24-8-10-25(11-9-24)31(28,29)19-5-3-2-4-16(19)13-22/h2-7,12,14H,8-11H2,1H3,(H,23,26). The van der Waals surface area contributed by atoms with Gasteiger partial charge in [-0.05, 0) is 37.3 Å². The van der Waals surface area contributed by atoms with Gasteiger partial charge in [-0.1, -0.05) is 12.1 Å². The van der Waals surface area contributed by atoms with Crippen LogP contribution in [0.1, 0.15) is 22.8 Å². The lowest BCUT2D eigenvalue weighted by atomic mass is 10.1. The molecule has 8 nitrogen and oxygen atoms in total. The summed E-state index contributed by atoms with van der Waals surface area (Å²) in [5.41, 5.74) is 1.16. The summed E-state index contributed by atoms with van der Waals surface area (Å²) in [6, 6.07) is 13.2. The molecular formula is C21H20N4O4S2. The Bertz CT molecular complexity index is 1200. The summed E-state index contributed by atoms with van der Waals surface area (Å²) in [6.45, 7) is 2.58. The van der Waals surface area contributed by atoms with Gasteiger partial charge in [0.05, 0.1) is 21.4 Å². The van der Waals surface area contributed by atoms with E-state index in [0.29, 0.717) is 11.3 Å². The molecule has 1 saturated heterocycles. The molecule has 1 atom stereocenters. The summed E-state index contributed by atoms with van der Waals surface area (Å²) in [5.74, 6) is -0.311. The second-order valence-electron chi connectivity index (χ2n) is 7.26. The summed E-state index contributed by atoms with van der Waals surface area (Å²) in [7, 11) is -3.82. The molecule has 0 bridgehead atoms. The molecule has 10 heteroatoms. The van der Waals surface area contributed by atoms with Crippen molar-refractivity contribution >= 4 is 39.3 Å². The second kappa shape index (κ2) is 8.34. The zero-order valence-corrected chi connectivity index (χ0v) is 18.4. The van der Waals surface area contributed by atoms with E-state index >= 15 is 0 Å². The van der Waals surface area contributed by atoms with Gasteiger partial charge in [-0.2, -0.15) is 9.57 Å². The van der Waals surface area contributed by atoms with E-state index in [2.05, 4.69) is 5.32 Å². The quantitative estimate of drug-likeness (QED) is 0.758. The number of thioether (sulfide) groups is 1. The largest absolute Gasteiger partial charge is 0.336 e. The number of fused-ring (bicyclic) bond motifs is 1. The lowest BCUT2D eigenvalue weighted by molar-refractivity contribution is -0.115. The molecule has 4 rings (SSSR count). The van der Waals surface area contributed by atoms with Gasteiger partial charge in [0.2, 0.25) is 15.9 Å². The van der Waals surface area contributed by atoms with Crippen molar-refractivity contribution < 1.29 is 18.0 Å². The van der Waals surface area contributed by atoms with Gasteiger partial charge in [0.25, 0.3) is 5.91 Å². The third-order valence-electron chi connectivity index (χ3n) is 5.31. The third kappa shape index (κ3) is 4.04. The number of piperazine rings is 1. The minimum Gasteiger partial charge on any atom is -0.336 e. The first-order valence-corrected chi connectivity index (χ1v) is 12.0. The average molecular weight is 457 g/mol. The Morgan fingerprint density at radius 2 is 1.87 bits per heavy atom. The first kappa shape index (κ1) is 21.4. The van der Waals surface area contributed by atoms with Crippen LogP contribution in [-0.4, -0.2) is 60.9 Å². The van der Waals surface area contributed by atoms with Crippen molar-refractivity contribution in [2.24, 2.45) is 0 Å². The van der Waals surface area contributed by atoms with Crippen LogP contribution in [-0.2, 0) is 14.8 Å². The molecule has 1 N–H and O–H groups in total. The maximum absolute atomic E-state index is 13.0. The molecular weight excluding hydrogens is 436 g/mol. The van der Waals surface area contributed by atoms with Crippen LogP contribution >= 0.6 is 11.8 Å². The number of hydrogen-bond donors (Lipinski definition) is 1. The minimum atomic E-state index is -3.82. The number of amides is 2. The number of carbonyl (C=O) groups excluding carboxylic acids is 2. The van der Waals surface area contributed by atoms with Gasteiger partial charge < -0.3 is 10.2 Å². The Morgan fingerprint density at radius 3 is 2.58 bits per heavy atom. The van der Waals surface area contributed by atoms with E-state index in [1.807, 2.05) is 19.1 Å². The summed E-state index contributed by atoms with van der Waals surface area (Å²) >= 11 is 1.45.